The van der Waals surface area contributed by atoms with Crippen LogP contribution in [0.5, 0.6) is 0 Å². The van der Waals surface area contributed by atoms with Crippen molar-refractivity contribution in [3.05, 3.63) is 41.1 Å². The van der Waals surface area contributed by atoms with Crippen molar-refractivity contribution in [1.29, 1.82) is 0 Å². The van der Waals surface area contributed by atoms with E-state index in [4.69, 9.17) is 4.74 Å². The summed E-state index contributed by atoms with van der Waals surface area (Å²) >= 11 is 0. The Kier molecular flexibility index (Phi) is 7.68. The summed E-state index contributed by atoms with van der Waals surface area (Å²) in [5, 5.41) is 23.3. The minimum Gasteiger partial charge on any atom is -0.733 e. The zero-order valence-corrected chi connectivity index (χ0v) is 29.0. The average molecular weight is 634 g/mol. The number of fused-ring (bicyclic) bond motifs is 7. The molecule has 0 radical (unpaired) electrons. The fraction of sp³-hybridized carbons (Fsp3) is 0.711. The Bertz CT molecular complexity index is 1470. The van der Waals surface area contributed by atoms with Crippen LogP contribution in [0.25, 0.3) is 0 Å². The molecule has 1 aromatic carbocycles. The number of nitrogens with one attached hydrogen (secondary N) is 1. The fourth-order valence-electron chi connectivity index (χ4n) is 11.7. The molecule has 0 aliphatic heterocycles. The summed E-state index contributed by atoms with van der Waals surface area (Å²) in [7, 11) is 0. The van der Waals surface area contributed by atoms with E-state index < -0.39 is 5.41 Å². The lowest BCUT2D eigenvalue weighted by Gasteiger charge is -2.70. The number of amides is 1. The van der Waals surface area contributed by atoms with Gasteiger partial charge in [0, 0.05) is 29.4 Å². The number of esters is 1. The van der Waals surface area contributed by atoms with Crippen molar-refractivity contribution < 1.29 is 24.3 Å². The van der Waals surface area contributed by atoms with Crippen LogP contribution in [0.3, 0.4) is 0 Å². The molecule has 4 saturated carbocycles. The summed E-state index contributed by atoms with van der Waals surface area (Å²) in [4.78, 5) is 40.5. The third-order valence-electron chi connectivity index (χ3n) is 14.7. The zero-order chi connectivity index (χ0) is 33.7. The van der Waals surface area contributed by atoms with Gasteiger partial charge in [-0.15, -0.1) is 0 Å². The van der Waals surface area contributed by atoms with Crippen molar-refractivity contribution in [2.75, 3.05) is 10.5 Å². The van der Waals surface area contributed by atoms with Crippen molar-refractivity contribution >= 4 is 29.0 Å². The molecule has 2 N–H and O–H groups in total. The number of carbonyl (C=O) groups is 3. The largest absolute Gasteiger partial charge is 0.733 e. The number of benzene rings is 1. The Balaban J connectivity index is 1.32. The van der Waals surface area contributed by atoms with Gasteiger partial charge in [0.25, 0.3) is 0 Å². The normalized spacial score (nSPS) is 42.7. The van der Waals surface area contributed by atoms with Gasteiger partial charge in [-0.3, -0.25) is 19.6 Å². The maximum Gasteiger partial charge on any atom is 0.302 e. The molecule has 5 aliphatic carbocycles. The van der Waals surface area contributed by atoms with Crippen molar-refractivity contribution in [3.63, 3.8) is 0 Å². The lowest BCUT2D eigenvalue weighted by molar-refractivity contribution is -0.210. The smallest absolute Gasteiger partial charge is 0.302 e. The Hall–Kier alpha value is -2.71. The lowest BCUT2D eigenvalue weighted by atomic mass is 9.33. The molecule has 46 heavy (non-hydrogen) atoms. The van der Waals surface area contributed by atoms with E-state index in [0.29, 0.717) is 12.1 Å². The second-order valence-corrected chi connectivity index (χ2v) is 17.5. The van der Waals surface area contributed by atoms with Crippen LogP contribution in [-0.4, -0.2) is 29.0 Å². The van der Waals surface area contributed by atoms with Crippen LogP contribution in [0, 0.1) is 55.5 Å². The van der Waals surface area contributed by atoms with Gasteiger partial charge in [-0.1, -0.05) is 54.0 Å². The van der Waals surface area contributed by atoms with Crippen molar-refractivity contribution in [3.8, 4) is 0 Å². The van der Waals surface area contributed by atoms with Crippen LogP contribution in [0.2, 0.25) is 0 Å². The van der Waals surface area contributed by atoms with E-state index >= 15 is 0 Å². The molecule has 4 fully saturated rings. The van der Waals surface area contributed by atoms with Crippen LogP contribution in [0.15, 0.2) is 35.9 Å². The molecule has 0 aromatic heterocycles. The minimum absolute atomic E-state index is 0.0279. The van der Waals surface area contributed by atoms with Crippen LogP contribution >= 0.6 is 0 Å². The maximum absolute atomic E-state index is 14.7. The van der Waals surface area contributed by atoms with Gasteiger partial charge >= 0.3 is 5.97 Å². The lowest BCUT2D eigenvalue weighted by Crippen LogP contribution is -2.66. The molecule has 0 heterocycles. The van der Waals surface area contributed by atoms with E-state index in [9.17, 15) is 24.8 Å². The van der Waals surface area contributed by atoms with Gasteiger partial charge in [-0.05, 0) is 122 Å². The Labute approximate surface area is 274 Å². The highest BCUT2D eigenvalue weighted by Gasteiger charge is 2.70. The van der Waals surface area contributed by atoms with Gasteiger partial charge in [-0.25, -0.2) is 0 Å². The summed E-state index contributed by atoms with van der Waals surface area (Å²) in [5.74, 6) is 0.275. The minimum atomic E-state index is -0.618. The summed E-state index contributed by atoms with van der Waals surface area (Å²) < 4.78 is 5.86. The molecule has 5 aliphatic rings. The van der Waals surface area contributed by atoms with E-state index in [1.165, 1.54) is 24.6 Å². The molecule has 9 atom stereocenters. The monoisotopic (exact) mass is 633 g/mol. The number of ether oxygens (including phenoxy) is 1. The molecule has 6 rings (SSSR count). The second-order valence-electron chi connectivity index (χ2n) is 17.5. The van der Waals surface area contributed by atoms with Gasteiger partial charge in [0.2, 0.25) is 5.91 Å². The molecule has 0 spiro atoms. The summed E-state index contributed by atoms with van der Waals surface area (Å²) in [6.07, 6.45) is 10.0. The summed E-state index contributed by atoms with van der Waals surface area (Å²) in [5.41, 5.74) is 0.591. The average Bonchev–Trinajstić information content (AvgIpc) is 2.96. The van der Waals surface area contributed by atoms with Gasteiger partial charge < -0.3 is 20.5 Å². The fourth-order valence-corrected chi connectivity index (χ4v) is 11.7. The predicted octanol–water partition coefficient (Wildman–Crippen LogP) is 8.23. The molecule has 8 heteroatoms. The van der Waals surface area contributed by atoms with Crippen LogP contribution in [0.1, 0.15) is 113 Å². The van der Waals surface area contributed by atoms with E-state index in [1.807, 2.05) is 6.08 Å². The first kappa shape index (κ1) is 33.2. The molecule has 0 bridgehead atoms. The van der Waals surface area contributed by atoms with Gasteiger partial charge in [0.05, 0.1) is 5.69 Å². The third-order valence-corrected chi connectivity index (χ3v) is 14.7. The maximum atomic E-state index is 14.7. The molecule has 1 amide bonds. The molecule has 252 valence electrons. The number of ketones is 1. The number of carbonyl (C=O) groups excluding carboxylic acids is 3. The zero-order valence-electron chi connectivity index (χ0n) is 29.0. The number of allylic oxidation sites excluding steroid dienone is 2. The Morgan fingerprint density at radius 3 is 2.22 bits per heavy atom. The van der Waals surface area contributed by atoms with Crippen LogP contribution < -0.4 is 10.5 Å². The third kappa shape index (κ3) is 4.71. The Morgan fingerprint density at radius 1 is 0.935 bits per heavy atom. The standard InChI is InChI=1S/C38H53N2O6/c1-23(41)46-30-14-15-36(6)29(33(30,2)3)13-16-38(8)31(36)28(42)21-26-27-22-35(5,18-17-34(27,4)19-20-37(26,38)7)32(43)39-24-9-11-25(12-10-24)40(44)45/h9-12,21,27,29-31,44H,13-20,22H2,1-8H3,(H,39,43)/q-1/t27-,29+,30+,31+,34+,35+,36+,37+,38+/m0/s1. The topological polar surface area (TPSA) is 119 Å². The van der Waals surface area contributed by atoms with E-state index in [2.05, 4.69) is 53.8 Å². The first-order valence-electron chi connectivity index (χ1n) is 17.3. The van der Waals surface area contributed by atoms with E-state index in [1.54, 1.807) is 12.1 Å². The van der Waals surface area contributed by atoms with Gasteiger partial charge in [0.15, 0.2) is 5.78 Å². The highest BCUT2D eigenvalue weighted by Crippen LogP contribution is 2.75. The number of hydrogen-bond acceptors (Lipinski definition) is 7. The number of nitrogens with zero attached hydrogens (tertiary/aromatic N) is 1. The van der Waals surface area contributed by atoms with E-state index in [-0.39, 0.29) is 79.5 Å². The van der Waals surface area contributed by atoms with Gasteiger partial charge in [-0.2, -0.15) is 0 Å². The number of anilines is 2. The van der Waals surface area contributed by atoms with Crippen molar-refractivity contribution in [1.82, 2.24) is 0 Å². The van der Waals surface area contributed by atoms with Crippen molar-refractivity contribution in [2.45, 2.75) is 119 Å². The molecule has 0 unspecified atom stereocenters. The number of rotatable bonds is 4. The van der Waals surface area contributed by atoms with Gasteiger partial charge in [0.1, 0.15) is 6.10 Å². The molecular weight excluding hydrogens is 580 g/mol. The summed E-state index contributed by atoms with van der Waals surface area (Å²) in [6, 6.07) is 6.21. The molecule has 1 aromatic rings. The predicted molar refractivity (Wildman–Crippen MR) is 178 cm³/mol. The molecular formula is C38H53N2O6-. The second kappa shape index (κ2) is 10.6. The van der Waals surface area contributed by atoms with Crippen LogP contribution in [-0.2, 0) is 19.1 Å². The van der Waals surface area contributed by atoms with Crippen molar-refractivity contribution in [2.24, 2.45) is 50.2 Å². The number of hydrogen-bond donors (Lipinski definition) is 2. The molecule has 0 saturated heterocycles. The Morgan fingerprint density at radius 2 is 1.59 bits per heavy atom. The van der Waals surface area contributed by atoms with E-state index in [0.717, 1.165) is 51.4 Å². The first-order chi connectivity index (χ1) is 21.3. The quantitative estimate of drug-likeness (QED) is 0.253. The SMILES string of the molecule is CC(=O)O[C@@H]1CC[C@]2(C)[C@H](CC[C@]3(C)[C@@H]2C(=O)C=C2[C@@H]4C[C@](C)(C(=O)Nc5ccc(N([O-])O)cc5)CC[C@]4(C)CC[C@]23C)C1(C)C. The highest BCUT2D eigenvalue weighted by atomic mass is 16.8. The summed E-state index contributed by atoms with van der Waals surface area (Å²) in [6.45, 7) is 17.6. The van der Waals surface area contributed by atoms with Crippen LogP contribution in [0.4, 0.5) is 11.4 Å². The first-order valence-corrected chi connectivity index (χ1v) is 17.3. The molecule has 8 nitrogen and oxygen atoms in total. The highest BCUT2D eigenvalue weighted by molar-refractivity contribution is 5.97.